The predicted octanol–water partition coefficient (Wildman–Crippen LogP) is 2.94. The first-order valence-electron chi connectivity index (χ1n) is 7.42. The fourth-order valence-electron chi connectivity index (χ4n) is 2.22. The molecule has 1 unspecified atom stereocenters. The van der Waals surface area contributed by atoms with Crippen LogP contribution in [-0.2, 0) is 11.3 Å². The summed E-state index contributed by atoms with van der Waals surface area (Å²) in [6, 6.07) is 5.18. The fraction of sp³-hybridized carbons (Fsp3) is 0.235. The molecule has 25 heavy (non-hydrogen) atoms. The van der Waals surface area contributed by atoms with Crippen LogP contribution >= 0.6 is 11.6 Å². The molecular weight excluding hydrogens is 360 g/mol. The van der Waals surface area contributed by atoms with E-state index in [4.69, 9.17) is 11.6 Å². The second-order valence-electron chi connectivity index (χ2n) is 5.66. The summed E-state index contributed by atoms with van der Waals surface area (Å²) in [5, 5.41) is 2.44. The SMILES string of the molecule is C[C@H](C(=O)Nc1ccc(F)c(F)c1F)[NH+](C)Cc1c(F)cccc1Cl. The molecule has 0 aliphatic carbocycles. The Hall–Kier alpha value is -2.12. The lowest BCUT2D eigenvalue weighted by atomic mass is 10.1. The van der Waals surface area contributed by atoms with E-state index in [1.165, 1.54) is 25.1 Å². The van der Waals surface area contributed by atoms with Crippen molar-refractivity contribution in [3.05, 3.63) is 64.2 Å². The molecule has 0 saturated heterocycles. The molecule has 2 atom stereocenters. The molecule has 2 N–H and O–H groups in total. The number of rotatable bonds is 5. The summed E-state index contributed by atoms with van der Waals surface area (Å²) in [4.78, 5) is 12.8. The van der Waals surface area contributed by atoms with Crippen LogP contribution in [0.3, 0.4) is 0 Å². The summed E-state index contributed by atoms with van der Waals surface area (Å²) >= 11 is 5.96. The van der Waals surface area contributed by atoms with Crippen LogP contribution in [0.2, 0.25) is 5.02 Å². The summed E-state index contributed by atoms with van der Waals surface area (Å²) in [6.45, 7) is 1.65. The number of carbonyl (C=O) groups is 1. The van der Waals surface area contributed by atoms with E-state index in [2.05, 4.69) is 5.32 Å². The van der Waals surface area contributed by atoms with Crippen LogP contribution in [0, 0.1) is 23.3 Å². The number of hydrogen-bond donors (Lipinski definition) is 2. The summed E-state index contributed by atoms with van der Waals surface area (Å²) in [7, 11) is 1.63. The van der Waals surface area contributed by atoms with E-state index in [1.54, 1.807) is 7.05 Å². The number of nitrogens with one attached hydrogen (secondary N) is 2. The van der Waals surface area contributed by atoms with Crippen molar-refractivity contribution in [2.75, 3.05) is 12.4 Å². The number of quaternary nitrogens is 1. The van der Waals surface area contributed by atoms with Gasteiger partial charge in [-0.1, -0.05) is 17.7 Å². The molecule has 0 spiro atoms. The van der Waals surface area contributed by atoms with E-state index in [-0.39, 0.29) is 17.1 Å². The highest BCUT2D eigenvalue weighted by Gasteiger charge is 2.25. The molecule has 0 aliphatic rings. The Morgan fingerprint density at radius 2 is 1.80 bits per heavy atom. The van der Waals surface area contributed by atoms with E-state index in [1.807, 2.05) is 0 Å². The number of hydrogen-bond acceptors (Lipinski definition) is 1. The standard InChI is InChI=1S/C17H15ClF4N2O/c1-9(24(2)8-10-11(18)4-3-5-12(10)19)17(25)23-14-7-6-13(20)15(21)16(14)22/h3-7,9H,8H2,1-2H3,(H,23,25)/p+1/t9-/m1/s1. The third-order valence-corrected chi connectivity index (χ3v) is 4.30. The van der Waals surface area contributed by atoms with E-state index >= 15 is 0 Å². The quantitative estimate of drug-likeness (QED) is 0.611. The molecular formula is C17H16ClF4N2O+. The molecule has 2 rings (SSSR count). The van der Waals surface area contributed by atoms with Gasteiger partial charge in [0.15, 0.2) is 23.5 Å². The molecule has 0 bridgehead atoms. The van der Waals surface area contributed by atoms with Crippen LogP contribution in [0.5, 0.6) is 0 Å². The highest BCUT2D eigenvalue weighted by Crippen LogP contribution is 2.20. The maximum Gasteiger partial charge on any atom is 0.282 e. The Morgan fingerprint density at radius 1 is 1.12 bits per heavy atom. The van der Waals surface area contributed by atoms with Gasteiger partial charge in [-0.05, 0) is 31.2 Å². The normalized spacial score (nSPS) is 13.4. The minimum atomic E-state index is -1.66. The zero-order valence-corrected chi connectivity index (χ0v) is 14.2. The maximum atomic E-state index is 13.8. The molecule has 0 aromatic heterocycles. The molecule has 0 radical (unpaired) electrons. The molecule has 2 aromatic carbocycles. The van der Waals surface area contributed by atoms with Crippen molar-refractivity contribution in [1.29, 1.82) is 0 Å². The van der Waals surface area contributed by atoms with Crippen LogP contribution in [0.25, 0.3) is 0 Å². The third kappa shape index (κ3) is 4.29. The van der Waals surface area contributed by atoms with Crippen molar-refractivity contribution in [3.8, 4) is 0 Å². The minimum Gasteiger partial charge on any atom is -0.323 e. The van der Waals surface area contributed by atoms with Gasteiger partial charge in [-0.2, -0.15) is 0 Å². The molecule has 3 nitrogen and oxygen atoms in total. The van der Waals surface area contributed by atoms with Gasteiger partial charge < -0.3 is 10.2 Å². The number of amides is 1. The van der Waals surface area contributed by atoms with Crippen LogP contribution < -0.4 is 10.2 Å². The minimum absolute atomic E-state index is 0.111. The monoisotopic (exact) mass is 375 g/mol. The smallest absolute Gasteiger partial charge is 0.282 e. The molecule has 8 heteroatoms. The van der Waals surface area contributed by atoms with Gasteiger partial charge in [0.05, 0.1) is 23.3 Å². The van der Waals surface area contributed by atoms with Crippen molar-refractivity contribution < 1.29 is 27.3 Å². The van der Waals surface area contributed by atoms with E-state index < -0.39 is 40.9 Å². The molecule has 134 valence electrons. The van der Waals surface area contributed by atoms with Crippen molar-refractivity contribution in [2.24, 2.45) is 0 Å². The van der Waals surface area contributed by atoms with Gasteiger partial charge in [-0.3, -0.25) is 4.79 Å². The van der Waals surface area contributed by atoms with Crippen molar-refractivity contribution in [3.63, 3.8) is 0 Å². The number of carbonyl (C=O) groups excluding carboxylic acids is 1. The van der Waals surface area contributed by atoms with Crippen LogP contribution in [0.4, 0.5) is 23.2 Å². The van der Waals surface area contributed by atoms with Gasteiger partial charge in [0.25, 0.3) is 5.91 Å². The van der Waals surface area contributed by atoms with Crippen molar-refractivity contribution >= 4 is 23.2 Å². The first kappa shape index (κ1) is 19.2. The van der Waals surface area contributed by atoms with Crippen molar-refractivity contribution in [2.45, 2.75) is 19.5 Å². The number of likely N-dealkylation sites (N-methyl/N-ethyl adjacent to an activating group) is 1. The van der Waals surface area contributed by atoms with Crippen molar-refractivity contribution in [1.82, 2.24) is 0 Å². The third-order valence-electron chi connectivity index (χ3n) is 3.94. The second kappa shape index (κ2) is 7.84. The first-order chi connectivity index (χ1) is 11.7. The lowest BCUT2D eigenvalue weighted by molar-refractivity contribution is -0.908. The molecule has 1 amide bonds. The number of benzene rings is 2. The Labute approximate surface area is 147 Å². The Morgan fingerprint density at radius 3 is 2.44 bits per heavy atom. The topological polar surface area (TPSA) is 33.5 Å². The van der Waals surface area contributed by atoms with Gasteiger partial charge >= 0.3 is 0 Å². The fourth-order valence-corrected chi connectivity index (χ4v) is 2.45. The summed E-state index contributed by atoms with van der Waals surface area (Å²) < 4.78 is 53.6. The lowest BCUT2D eigenvalue weighted by Gasteiger charge is -2.22. The molecule has 0 aliphatic heterocycles. The Bertz CT molecular complexity index is 780. The maximum absolute atomic E-state index is 13.8. The van der Waals surface area contributed by atoms with Gasteiger partial charge in [0, 0.05) is 0 Å². The average molecular weight is 376 g/mol. The summed E-state index contributed by atoms with van der Waals surface area (Å²) in [6.07, 6.45) is 0. The predicted molar refractivity (Wildman–Crippen MR) is 86.4 cm³/mol. The molecule has 2 aromatic rings. The van der Waals surface area contributed by atoms with Crippen LogP contribution in [0.15, 0.2) is 30.3 Å². The second-order valence-corrected chi connectivity index (χ2v) is 6.06. The summed E-state index contributed by atoms with van der Waals surface area (Å²) in [5.74, 6) is -5.61. The Balaban J connectivity index is 2.10. The van der Waals surface area contributed by atoms with Gasteiger partial charge in [-0.25, -0.2) is 17.6 Å². The van der Waals surface area contributed by atoms with Gasteiger partial charge in [0.2, 0.25) is 0 Å². The van der Waals surface area contributed by atoms with Crippen LogP contribution in [-0.4, -0.2) is 19.0 Å². The number of halogens is 5. The highest BCUT2D eigenvalue weighted by molar-refractivity contribution is 6.31. The molecule has 0 saturated carbocycles. The average Bonchev–Trinajstić information content (AvgIpc) is 2.57. The van der Waals surface area contributed by atoms with E-state index in [0.29, 0.717) is 11.0 Å². The van der Waals surface area contributed by atoms with E-state index in [0.717, 1.165) is 6.07 Å². The molecule has 0 heterocycles. The van der Waals surface area contributed by atoms with E-state index in [9.17, 15) is 22.4 Å². The zero-order chi connectivity index (χ0) is 18.7. The van der Waals surface area contributed by atoms with Crippen LogP contribution in [0.1, 0.15) is 12.5 Å². The highest BCUT2D eigenvalue weighted by atomic mass is 35.5. The van der Waals surface area contributed by atoms with Gasteiger partial charge in [0.1, 0.15) is 12.4 Å². The van der Waals surface area contributed by atoms with Gasteiger partial charge in [-0.15, -0.1) is 0 Å². The lowest BCUT2D eigenvalue weighted by Crippen LogP contribution is -3.12. The molecule has 0 fully saturated rings. The first-order valence-corrected chi connectivity index (χ1v) is 7.79. The zero-order valence-electron chi connectivity index (χ0n) is 13.5. The summed E-state index contributed by atoms with van der Waals surface area (Å²) in [5.41, 5.74) is -0.215. The Kier molecular flexibility index (Phi) is 6.02. The number of anilines is 1. The largest absolute Gasteiger partial charge is 0.323 e.